The fourth-order valence-electron chi connectivity index (χ4n) is 8.39. The van der Waals surface area contributed by atoms with Crippen molar-refractivity contribution in [1.82, 2.24) is 35.2 Å². The number of amides is 4. The molecule has 0 radical (unpaired) electrons. The Kier molecular flexibility index (Phi) is 7.56. The summed E-state index contributed by atoms with van der Waals surface area (Å²) in [5, 5.41) is 16.7. The number of aromatic nitrogens is 5. The molecule has 258 valence electrons. The maximum Gasteiger partial charge on any atom is 0.276 e. The van der Waals surface area contributed by atoms with Crippen LogP contribution >= 0.6 is 0 Å². The molecule has 0 unspecified atom stereocenters. The number of piperazine rings is 1. The first-order valence-corrected chi connectivity index (χ1v) is 17.1. The van der Waals surface area contributed by atoms with Crippen LogP contribution < -0.4 is 15.5 Å². The number of H-pyrrole nitrogens is 1. The second kappa shape index (κ2) is 11.7. The number of alkyl halides is 2. The summed E-state index contributed by atoms with van der Waals surface area (Å²) in [4.78, 5) is 58.8. The Balaban J connectivity index is 0.803. The fourth-order valence-corrected chi connectivity index (χ4v) is 8.39. The lowest BCUT2D eigenvalue weighted by atomic mass is 9.85. The van der Waals surface area contributed by atoms with Crippen molar-refractivity contribution in [2.45, 2.75) is 76.2 Å². The van der Waals surface area contributed by atoms with Crippen LogP contribution in [0.1, 0.15) is 84.7 Å². The number of anilines is 2. The number of nitrogens with one attached hydrogen (secondary N) is 3. The van der Waals surface area contributed by atoms with Crippen LogP contribution in [0.3, 0.4) is 0 Å². The summed E-state index contributed by atoms with van der Waals surface area (Å²) in [5.74, 6) is -3.88. The second-order valence-electron chi connectivity index (χ2n) is 14.4. The number of aromatic amines is 1. The molecule has 2 saturated carbocycles. The Bertz CT molecular complexity index is 1810. The molecule has 3 aromatic rings. The highest BCUT2D eigenvalue weighted by Crippen LogP contribution is 2.70. The smallest absolute Gasteiger partial charge is 0.276 e. The molecule has 0 bridgehead atoms. The number of hydrogen-bond acceptors (Lipinski definition) is 8. The Labute approximate surface area is 281 Å². The van der Waals surface area contributed by atoms with Gasteiger partial charge in [0.2, 0.25) is 17.7 Å². The number of imide groups is 1. The van der Waals surface area contributed by atoms with Gasteiger partial charge in [-0.05, 0) is 50.2 Å². The monoisotopic (exact) mass is 675 g/mol. The zero-order valence-corrected chi connectivity index (χ0v) is 27.3. The summed E-state index contributed by atoms with van der Waals surface area (Å²) >= 11 is 0. The molecule has 0 spiro atoms. The third-order valence-corrected chi connectivity index (χ3v) is 11.6. The zero-order chi connectivity index (χ0) is 34.1. The Hall–Kier alpha value is -4.69. The summed E-state index contributed by atoms with van der Waals surface area (Å²) in [6, 6.07) is 3.90. The van der Waals surface area contributed by atoms with Gasteiger partial charge in [-0.25, -0.2) is 13.8 Å². The summed E-state index contributed by atoms with van der Waals surface area (Å²) < 4.78 is 30.5. The summed E-state index contributed by atoms with van der Waals surface area (Å²) in [7, 11) is 0. The molecule has 4 amide bonds. The summed E-state index contributed by atoms with van der Waals surface area (Å²) in [5.41, 5.74) is 1.59. The highest BCUT2D eigenvalue weighted by atomic mass is 19.3. The third-order valence-electron chi connectivity index (χ3n) is 11.6. The quantitative estimate of drug-likeness (QED) is 0.336. The number of carbonyl (C=O) groups excluding carboxylic acids is 4. The van der Waals surface area contributed by atoms with Gasteiger partial charge in [-0.3, -0.25) is 34.3 Å². The van der Waals surface area contributed by atoms with Crippen LogP contribution in [0.25, 0.3) is 0 Å². The van der Waals surface area contributed by atoms with Gasteiger partial charge >= 0.3 is 0 Å². The van der Waals surface area contributed by atoms with Gasteiger partial charge in [-0.2, -0.15) is 10.2 Å². The van der Waals surface area contributed by atoms with Crippen LogP contribution in [0.4, 0.5) is 20.3 Å². The van der Waals surface area contributed by atoms with E-state index in [1.807, 2.05) is 21.7 Å². The Morgan fingerprint density at radius 2 is 1.80 bits per heavy atom. The van der Waals surface area contributed by atoms with E-state index in [0.717, 1.165) is 37.1 Å². The minimum absolute atomic E-state index is 0.0463. The predicted octanol–water partition coefficient (Wildman–Crippen LogP) is 3.22. The first-order chi connectivity index (χ1) is 23.5. The van der Waals surface area contributed by atoms with E-state index in [0.29, 0.717) is 56.0 Å². The van der Waals surface area contributed by atoms with Crippen molar-refractivity contribution in [3.63, 3.8) is 0 Å². The molecule has 13 nitrogen and oxygen atoms in total. The van der Waals surface area contributed by atoms with E-state index in [1.54, 1.807) is 25.5 Å². The van der Waals surface area contributed by atoms with E-state index in [-0.39, 0.29) is 54.1 Å². The average molecular weight is 676 g/mol. The molecule has 3 atom stereocenters. The zero-order valence-electron chi connectivity index (χ0n) is 27.3. The molecule has 3 aromatic heterocycles. The first-order valence-electron chi connectivity index (χ1n) is 17.1. The molecule has 3 N–H and O–H groups in total. The molecule has 8 rings (SSSR count). The lowest BCUT2D eigenvalue weighted by Crippen LogP contribution is -2.51. The van der Waals surface area contributed by atoms with Crippen LogP contribution in [-0.2, 0) is 27.2 Å². The normalized spacial score (nSPS) is 29.1. The molecule has 49 heavy (non-hydrogen) atoms. The lowest BCUT2D eigenvalue weighted by Gasteiger charge is -2.38. The van der Waals surface area contributed by atoms with Crippen LogP contribution in [-0.4, -0.2) is 85.6 Å². The van der Waals surface area contributed by atoms with Crippen molar-refractivity contribution in [3.05, 3.63) is 53.2 Å². The van der Waals surface area contributed by atoms with Crippen LogP contribution in [0.15, 0.2) is 30.7 Å². The molecule has 5 heterocycles. The van der Waals surface area contributed by atoms with Gasteiger partial charge in [0.15, 0.2) is 5.69 Å². The van der Waals surface area contributed by atoms with E-state index in [1.165, 1.54) is 0 Å². The van der Waals surface area contributed by atoms with Crippen molar-refractivity contribution in [1.29, 1.82) is 0 Å². The Morgan fingerprint density at radius 3 is 2.51 bits per heavy atom. The summed E-state index contributed by atoms with van der Waals surface area (Å²) in [6.45, 7) is 4.15. The van der Waals surface area contributed by atoms with Crippen molar-refractivity contribution >= 4 is 35.1 Å². The van der Waals surface area contributed by atoms with Crippen LogP contribution in [0, 0.1) is 17.3 Å². The van der Waals surface area contributed by atoms with E-state index in [2.05, 4.69) is 35.8 Å². The van der Waals surface area contributed by atoms with Crippen molar-refractivity contribution < 1.29 is 28.0 Å². The highest BCUT2D eigenvalue weighted by molar-refractivity contribution is 6.04. The van der Waals surface area contributed by atoms with E-state index in [9.17, 15) is 28.0 Å². The number of pyridine rings is 1. The number of fused-ring (bicyclic) bond motifs is 2. The molecule has 3 aliphatic carbocycles. The largest absolute Gasteiger partial charge is 0.353 e. The van der Waals surface area contributed by atoms with Crippen molar-refractivity contribution in [2.75, 3.05) is 36.4 Å². The standard InChI is InChI=1S/C34H39F2N9O4/c1-33-15-25-24(14-26(33)34(33,35)36)29(42-41-25)31(48)39-21-17-38-45(18-21)22-5-2-19(3-6-22)32(49)44-12-10-43(11-13-44)27-8-4-20(16-37-27)23-7-9-28(46)40-30(23)47/h4,8,16-19,22-23,26H,2-3,5-7,9-15H2,1H3,(H,39,48)(H,41,42)(H,40,46,47)/t19?,22?,23-,26+,33-/m1/s1. The van der Waals surface area contributed by atoms with Crippen LogP contribution in [0.2, 0.25) is 0 Å². The maximum atomic E-state index is 14.3. The van der Waals surface area contributed by atoms with Gasteiger partial charge < -0.3 is 15.1 Å². The fraction of sp³-hybridized carbons (Fsp3) is 0.559. The molecule has 4 fully saturated rings. The number of nitrogens with zero attached hydrogens (tertiary/aromatic N) is 6. The van der Waals surface area contributed by atoms with Gasteiger partial charge in [0.25, 0.3) is 11.8 Å². The summed E-state index contributed by atoms with van der Waals surface area (Å²) in [6.07, 6.45) is 9.26. The van der Waals surface area contributed by atoms with Gasteiger partial charge in [-0.15, -0.1) is 0 Å². The van der Waals surface area contributed by atoms with Gasteiger partial charge in [0.1, 0.15) is 5.82 Å². The molecule has 0 aromatic carbocycles. The third kappa shape index (κ3) is 5.46. The van der Waals surface area contributed by atoms with Crippen LogP contribution in [0.5, 0.6) is 0 Å². The number of carbonyl (C=O) groups is 4. The van der Waals surface area contributed by atoms with E-state index in [4.69, 9.17) is 0 Å². The van der Waals surface area contributed by atoms with E-state index >= 15 is 0 Å². The van der Waals surface area contributed by atoms with Gasteiger partial charge in [-0.1, -0.05) is 13.0 Å². The topological polar surface area (TPSA) is 158 Å². The molecular weight excluding hydrogens is 636 g/mol. The number of rotatable bonds is 6. The van der Waals surface area contributed by atoms with Crippen molar-refractivity contribution in [3.8, 4) is 0 Å². The van der Waals surface area contributed by atoms with Crippen molar-refractivity contribution in [2.24, 2.45) is 17.3 Å². The minimum atomic E-state index is -2.73. The number of piperidine rings is 1. The predicted molar refractivity (Wildman–Crippen MR) is 172 cm³/mol. The lowest BCUT2D eigenvalue weighted by molar-refractivity contribution is -0.137. The molecule has 2 aliphatic heterocycles. The van der Waals surface area contributed by atoms with Gasteiger partial charge in [0, 0.05) is 79.9 Å². The highest BCUT2D eigenvalue weighted by Gasteiger charge is 2.78. The molecule has 5 aliphatic rings. The Morgan fingerprint density at radius 1 is 1.02 bits per heavy atom. The second-order valence-corrected chi connectivity index (χ2v) is 14.4. The molecule has 15 heteroatoms. The molecule has 2 saturated heterocycles. The average Bonchev–Trinajstić information content (AvgIpc) is 3.53. The van der Waals surface area contributed by atoms with E-state index < -0.39 is 23.2 Å². The first kappa shape index (κ1) is 31.6. The minimum Gasteiger partial charge on any atom is -0.353 e. The SMILES string of the molecule is C[C@@]12Cc3[nH]nc(C(=O)Nc4cnn(C5CCC(C(=O)N6CCN(c7ccc([C@H]8CCC(=O)NC8=O)cn7)CC6)CC5)c4)c3C[C@@H]1C2(F)F. The maximum absolute atomic E-state index is 14.3. The number of halogens is 2. The molecular formula is C34H39F2N9O4. The number of hydrogen-bond donors (Lipinski definition) is 3. The van der Waals surface area contributed by atoms with Gasteiger partial charge in [0.05, 0.1) is 23.8 Å².